The summed E-state index contributed by atoms with van der Waals surface area (Å²) >= 11 is 0. The first-order chi connectivity index (χ1) is 13.8. The largest absolute Gasteiger partial charge is 0.466 e. The third-order valence-corrected chi connectivity index (χ3v) is 4.44. The molecule has 1 unspecified atom stereocenters. The van der Waals surface area contributed by atoms with Crippen LogP contribution in [0.4, 0.5) is 13.2 Å². The molecule has 1 rings (SSSR count). The molecule has 164 valence electrons. The molecule has 0 radical (unpaired) electrons. The average Bonchev–Trinajstić information content (AvgIpc) is 2.69. The second-order valence-electron chi connectivity index (χ2n) is 7.02. The van der Waals surface area contributed by atoms with E-state index in [2.05, 4.69) is 11.7 Å². The predicted octanol–water partition coefficient (Wildman–Crippen LogP) is 6.30. The van der Waals surface area contributed by atoms with Gasteiger partial charge in [0, 0.05) is 5.56 Å². The van der Waals surface area contributed by atoms with Crippen LogP contribution in [-0.4, -0.2) is 24.7 Å². The molecule has 0 N–H and O–H groups in total. The van der Waals surface area contributed by atoms with Crippen molar-refractivity contribution in [2.24, 2.45) is 0 Å². The number of carbonyl (C=O) groups is 2. The molecular formula is C22H31F3O4. The molecule has 0 saturated heterocycles. The van der Waals surface area contributed by atoms with Gasteiger partial charge in [-0.1, -0.05) is 82.2 Å². The predicted molar refractivity (Wildman–Crippen MR) is 104 cm³/mol. The number of carbonyl (C=O) groups excluding carboxylic acids is 2. The molecule has 7 heteroatoms. The van der Waals surface area contributed by atoms with Gasteiger partial charge in [0.1, 0.15) is 0 Å². The highest BCUT2D eigenvalue weighted by molar-refractivity contribution is 5.77. The first-order valence-electron chi connectivity index (χ1n) is 10.3. The van der Waals surface area contributed by atoms with Gasteiger partial charge in [-0.2, -0.15) is 13.2 Å². The van der Waals surface area contributed by atoms with E-state index in [-0.39, 0.29) is 18.6 Å². The van der Waals surface area contributed by atoms with Crippen LogP contribution in [0.3, 0.4) is 0 Å². The van der Waals surface area contributed by atoms with Gasteiger partial charge in [0.2, 0.25) is 6.10 Å². The molecule has 0 heterocycles. The number of rotatable bonds is 14. The van der Waals surface area contributed by atoms with Gasteiger partial charge in [0.05, 0.1) is 19.4 Å². The van der Waals surface area contributed by atoms with Gasteiger partial charge in [-0.25, -0.2) is 0 Å². The fourth-order valence-electron chi connectivity index (χ4n) is 2.84. The number of benzene rings is 1. The highest BCUT2D eigenvalue weighted by atomic mass is 19.4. The first kappa shape index (κ1) is 25.0. The highest BCUT2D eigenvalue weighted by Gasteiger charge is 2.43. The lowest BCUT2D eigenvalue weighted by Gasteiger charge is -2.21. The third kappa shape index (κ3) is 11.5. The molecule has 1 aromatic rings. The smallest absolute Gasteiger partial charge is 0.429 e. The number of ether oxygens (including phenoxy) is 2. The van der Waals surface area contributed by atoms with E-state index in [0.29, 0.717) is 0 Å². The summed E-state index contributed by atoms with van der Waals surface area (Å²) in [5.74, 6) is -1.69. The summed E-state index contributed by atoms with van der Waals surface area (Å²) in [4.78, 5) is 23.4. The van der Waals surface area contributed by atoms with Gasteiger partial charge in [-0.3, -0.25) is 9.59 Å². The second-order valence-corrected chi connectivity index (χ2v) is 7.02. The summed E-state index contributed by atoms with van der Waals surface area (Å²) in [6.45, 7) is 2.43. The van der Waals surface area contributed by atoms with E-state index in [1.165, 1.54) is 56.4 Å². The minimum absolute atomic E-state index is 0.161. The van der Waals surface area contributed by atoms with Crippen LogP contribution in [0.25, 0.3) is 0 Å². The van der Waals surface area contributed by atoms with Crippen LogP contribution in [0.2, 0.25) is 0 Å². The molecular weight excluding hydrogens is 385 g/mol. The SMILES string of the molecule is CCCCCCCCCCOC(=O)CCC(=O)OC(c1ccccc1)C(F)(F)F. The Morgan fingerprint density at radius 1 is 0.862 bits per heavy atom. The number of esters is 2. The van der Waals surface area contributed by atoms with Crippen LogP contribution in [0.15, 0.2) is 30.3 Å². The monoisotopic (exact) mass is 416 g/mol. The maximum absolute atomic E-state index is 13.2. The van der Waals surface area contributed by atoms with E-state index in [9.17, 15) is 22.8 Å². The van der Waals surface area contributed by atoms with Crippen molar-refractivity contribution in [2.75, 3.05) is 6.61 Å². The van der Waals surface area contributed by atoms with Gasteiger partial charge in [0.15, 0.2) is 0 Å². The zero-order valence-corrected chi connectivity index (χ0v) is 17.0. The van der Waals surface area contributed by atoms with Crippen LogP contribution >= 0.6 is 0 Å². The normalized spacial score (nSPS) is 12.4. The fraction of sp³-hybridized carbons (Fsp3) is 0.636. The summed E-state index contributed by atoms with van der Waals surface area (Å²) in [5, 5.41) is 0. The van der Waals surface area contributed by atoms with Crippen LogP contribution in [-0.2, 0) is 19.1 Å². The summed E-state index contributed by atoms with van der Waals surface area (Å²) < 4.78 is 49.1. The van der Waals surface area contributed by atoms with Crippen molar-refractivity contribution in [3.63, 3.8) is 0 Å². The average molecular weight is 416 g/mol. The quantitative estimate of drug-likeness (QED) is 0.264. The molecule has 0 fully saturated rings. The maximum Gasteiger partial charge on any atom is 0.429 e. The molecule has 0 bridgehead atoms. The zero-order chi connectivity index (χ0) is 21.5. The Hall–Kier alpha value is -2.05. The van der Waals surface area contributed by atoms with Crippen molar-refractivity contribution in [3.05, 3.63) is 35.9 Å². The number of halogens is 3. The number of alkyl halides is 3. The van der Waals surface area contributed by atoms with Gasteiger partial charge in [0.25, 0.3) is 0 Å². The molecule has 1 aromatic carbocycles. The van der Waals surface area contributed by atoms with Crippen molar-refractivity contribution < 1.29 is 32.2 Å². The molecule has 0 spiro atoms. The summed E-state index contributed by atoms with van der Waals surface area (Å²) in [5.41, 5.74) is -0.161. The summed E-state index contributed by atoms with van der Waals surface area (Å²) in [7, 11) is 0. The Bertz CT molecular complexity index is 587. The van der Waals surface area contributed by atoms with E-state index in [4.69, 9.17) is 4.74 Å². The number of hydrogen-bond acceptors (Lipinski definition) is 4. The molecule has 4 nitrogen and oxygen atoms in total. The van der Waals surface area contributed by atoms with Gasteiger partial charge < -0.3 is 9.47 Å². The lowest BCUT2D eigenvalue weighted by molar-refractivity contribution is -0.224. The van der Waals surface area contributed by atoms with Gasteiger partial charge in [-0.15, -0.1) is 0 Å². The van der Waals surface area contributed by atoms with E-state index < -0.39 is 30.6 Å². The summed E-state index contributed by atoms with van der Waals surface area (Å²) in [6, 6.07) is 6.92. The molecule has 0 aliphatic rings. The summed E-state index contributed by atoms with van der Waals surface area (Å²) in [6.07, 6.45) is 1.09. The zero-order valence-electron chi connectivity index (χ0n) is 17.0. The minimum Gasteiger partial charge on any atom is -0.466 e. The van der Waals surface area contributed by atoms with E-state index in [0.717, 1.165) is 19.3 Å². The number of hydrogen-bond donors (Lipinski definition) is 0. The van der Waals surface area contributed by atoms with Crippen molar-refractivity contribution >= 4 is 11.9 Å². The fourth-order valence-corrected chi connectivity index (χ4v) is 2.84. The Labute approximate surface area is 170 Å². The van der Waals surface area contributed by atoms with Crippen molar-refractivity contribution in [1.82, 2.24) is 0 Å². The van der Waals surface area contributed by atoms with E-state index >= 15 is 0 Å². The maximum atomic E-state index is 13.2. The topological polar surface area (TPSA) is 52.6 Å². The Morgan fingerprint density at radius 2 is 1.41 bits per heavy atom. The van der Waals surface area contributed by atoms with E-state index in [1.54, 1.807) is 6.07 Å². The Kier molecular flexibility index (Phi) is 12.1. The van der Waals surface area contributed by atoms with Crippen LogP contribution < -0.4 is 0 Å². The molecule has 0 saturated carbocycles. The van der Waals surface area contributed by atoms with Crippen molar-refractivity contribution in [2.45, 2.75) is 83.4 Å². The third-order valence-electron chi connectivity index (χ3n) is 4.44. The lowest BCUT2D eigenvalue weighted by atomic mass is 10.1. The van der Waals surface area contributed by atoms with Crippen LogP contribution in [0.1, 0.15) is 82.8 Å². The number of unbranched alkanes of at least 4 members (excludes halogenated alkanes) is 7. The molecule has 29 heavy (non-hydrogen) atoms. The minimum atomic E-state index is -4.73. The molecule has 0 aromatic heterocycles. The highest BCUT2D eigenvalue weighted by Crippen LogP contribution is 2.36. The second kappa shape index (κ2) is 14.0. The molecule has 0 aliphatic heterocycles. The molecule has 1 atom stereocenters. The van der Waals surface area contributed by atoms with Crippen molar-refractivity contribution in [3.8, 4) is 0 Å². The lowest BCUT2D eigenvalue weighted by Crippen LogP contribution is -2.26. The Balaban J connectivity index is 2.22. The van der Waals surface area contributed by atoms with Crippen molar-refractivity contribution in [1.29, 1.82) is 0 Å². The van der Waals surface area contributed by atoms with Gasteiger partial charge >= 0.3 is 18.1 Å². The first-order valence-corrected chi connectivity index (χ1v) is 10.3. The van der Waals surface area contributed by atoms with E-state index in [1.807, 2.05) is 0 Å². The molecule has 0 aliphatic carbocycles. The van der Waals surface area contributed by atoms with Crippen LogP contribution in [0.5, 0.6) is 0 Å². The Morgan fingerprint density at radius 3 is 2.00 bits per heavy atom. The standard InChI is InChI=1S/C22H31F3O4/c1-2-3-4-5-6-7-8-12-17-28-19(26)15-16-20(27)29-21(22(23,24)25)18-13-10-9-11-14-18/h9-11,13-14,21H,2-8,12,15-17H2,1H3. The van der Waals surface area contributed by atoms with Gasteiger partial charge in [-0.05, 0) is 6.42 Å². The van der Waals surface area contributed by atoms with Crippen LogP contribution in [0, 0.1) is 0 Å². The molecule has 0 amide bonds.